The summed E-state index contributed by atoms with van der Waals surface area (Å²) in [5, 5.41) is 9.34. The minimum Gasteiger partial charge on any atom is -0.355 e. The highest BCUT2D eigenvalue weighted by molar-refractivity contribution is 9.10. The maximum absolute atomic E-state index is 7.07. The molecule has 0 aliphatic carbocycles. The summed E-state index contributed by atoms with van der Waals surface area (Å²) in [6.45, 7) is 54.0. The first-order chi connectivity index (χ1) is 44.8. The monoisotopic (exact) mass is 1430 g/mol. The molecule has 0 bridgehead atoms. The molecule has 0 spiro atoms. The van der Waals surface area contributed by atoms with Crippen LogP contribution in [-0.4, -0.2) is 0 Å². The zero-order valence-electron chi connectivity index (χ0n) is 62.4. The van der Waals surface area contributed by atoms with Crippen molar-refractivity contribution >= 4 is 124 Å². The summed E-state index contributed by atoms with van der Waals surface area (Å²) in [5.41, 5.74) is 20.9. The van der Waals surface area contributed by atoms with Crippen molar-refractivity contribution in [2.24, 2.45) is 0 Å². The molecule has 97 heavy (non-hydrogen) atoms. The quantitative estimate of drug-likeness (QED) is 0.139. The molecular formula is C88H107BrCl2N4S2. The molecule has 8 aromatic carbocycles. The zero-order chi connectivity index (χ0) is 71.6. The number of anilines is 11. The van der Waals surface area contributed by atoms with Gasteiger partial charge in [0.15, 0.2) is 0 Å². The van der Waals surface area contributed by atoms with E-state index in [4.69, 9.17) is 23.2 Å². The lowest BCUT2D eigenvalue weighted by atomic mass is 9.86. The highest BCUT2D eigenvalue weighted by Gasteiger charge is 2.26. The van der Waals surface area contributed by atoms with Gasteiger partial charge in [0, 0.05) is 91.9 Å². The number of benzene rings is 8. The van der Waals surface area contributed by atoms with E-state index in [9.17, 15) is 0 Å². The van der Waals surface area contributed by atoms with Crippen LogP contribution in [0.3, 0.4) is 0 Å². The van der Waals surface area contributed by atoms with Crippen molar-refractivity contribution in [3.63, 3.8) is 0 Å². The van der Waals surface area contributed by atoms with Gasteiger partial charge in [0.2, 0.25) is 0 Å². The number of nitrogens with one attached hydrogen (secondary N) is 1. The maximum Gasteiger partial charge on any atom is 0.0571 e. The Hall–Kier alpha value is -6.58. The molecule has 2 heterocycles. The van der Waals surface area contributed by atoms with Crippen molar-refractivity contribution in [3.05, 3.63) is 263 Å². The van der Waals surface area contributed by atoms with Gasteiger partial charge in [0.05, 0.1) is 5.69 Å². The van der Waals surface area contributed by atoms with Gasteiger partial charge in [-0.15, -0.1) is 22.7 Å². The molecule has 10 aromatic rings. The summed E-state index contributed by atoms with van der Waals surface area (Å²) in [4.78, 5) is 9.66. The molecular weight excluding hydrogens is 1330 g/mol. The molecule has 0 aliphatic rings. The molecule has 2 aromatic heterocycles. The molecule has 0 saturated heterocycles. The first-order valence-electron chi connectivity index (χ1n) is 34.1. The van der Waals surface area contributed by atoms with Crippen molar-refractivity contribution in [2.75, 3.05) is 20.0 Å². The van der Waals surface area contributed by atoms with E-state index in [0.29, 0.717) is 10.0 Å². The van der Waals surface area contributed by atoms with E-state index in [1.807, 2.05) is 34.8 Å². The van der Waals surface area contributed by atoms with Crippen LogP contribution in [0, 0.1) is 0 Å². The molecule has 10 rings (SSSR count). The summed E-state index contributed by atoms with van der Waals surface area (Å²) in [6.07, 6.45) is 0. The molecule has 0 saturated carbocycles. The van der Waals surface area contributed by atoms with Crippen molar-refractivity contribution < 1.29 is 0 Å². The summed E-state index contributed by atoms with van der Waals surface area (Å²) in [5.74, 6) is 0. The van der Waals surface area contributed by atoms with Gasteiger partial charge in [0.25, 0.3) is 0 Å². The van der Waals surface area contributed by atoms with Gasteiger partial charge in [-0.2, -0.15) is 0 Å². The van der Waals surface area contributed by atoms with Crippen LogP contribution in [0.2, 0.25) is 10.0 Å². The van der Waals surface area contributed by atoms with E-state index in [1.165, 1.54) is 48.8 Å². The van der Waals surface area contributed by atoms with Crippen molar-refractivity contribution in [1.82, 2.24) is 0 Å². The second-order valence-electron chi connectivity index (χ2n) is 34.1. The molecule has 0 unspecified atom stereocenters. The summed E-state index contributed by atoms with van der Waals surface area (Å²) in [6, 6.07) is 70.3. The molecule has 1 N–H and O–H groups in total. The number of halogens is 3. The molecule has 0 radical (unpaired) electrons. The Kier molecular flexibility index (Phi) is 23.3. The predicted molar refractivity (Wildman–Crippen MR) is 436 cm³/mol. The number of thiophene rings is 2. The third-order valence-electron chi connectivity index (χ3n) is 17.4. The fourth-order valence-corrected chi connectivity index (χ4v) is 14.2. The summed E-state index contributed by atoms with van der Waals surface area (Å²) >= 11 is 20.7. The van der Waals surface area contributed by atoms with Crippen LogP contribution in [0.25, 0.3) is 0 Å². The highest BCUT2D eigenvalue weighted by atomic mass is 79.9. The maximum atomic E-state index is 7.07. The minimum absolute atomic E-state index is 0.0550. The molecule has 0 amide bonds. The van der Waals surface area contributed by atoms with Crippen LogP contribution in [0.15, 0.2) is 209 Å². The highest BCUT2D eigenvalue weighted by Crippen LogP contribution is 2.47. The lowest BCUT2D eigenvalue weighted by Crippen LogP contribution is -2.15. The normalized spacial score (nSPS) is 12.5. The van der Waals surface area contributed by atoms with Crippen LogP contribution in [0.5, 0.6) is 0 Å². The van der Waals surface area contributed by atoms with Crippen molar-refractivity contribution in [3.8, 4) is 0 Å². The van der Waals surface area contributed by atoms with Crippen LogP contribution in [-0.2, 0) is 43.3 Å². The molecule has 9 heteroatoms. The van der Waals surface area contributed by atoms with Gasteiger partial charge >= 0.3 is 0 Å². The van der Waals surface area contributed by atoms with Gasteiger partial charge in [-0.3, -0.25) is 0 Å². The van der Waals surface area contributed by atoms with Gasteiger partial charge in [-0.1, -0.05) is 278 Å². The lowest BCUT2D eigenvalue weighted by molar-refractivity contribution is 0.590. The SMILES string of the molecule is CC(C)(C)c1ccc(N(c2ccc(C(C)(C)C)cc2)c2cc(Cl)cc(Br)c2)cc1.CC(C)(C)c1ccc(N(c2ccc(C(C)(C)C)cc2)c2cc(Cl)cc(N(c3ccc(C(C)(C)C)cc3)c3csc(C(C)(C)C)c3)c2)cc1.CC(C)(C)c1ccc(Nc2csc(C(C)(C)C)c2)cc1. The summed E-state index contributed by atoms with van der Waals surface area (Å²) in [7, 11) is 0. The fraction of sp³-hybridized carbons (Fsp3) is 0.364. The van der Waals surface area contributed by atoms with E-state index in [-0.39, 0.29) is 43.3 Å². The number of hydrogen-bond acceptors (Lipinski definition) is 6. The van der Waals surface area contributed by atoms with Gasteiger partial charge in [-0.25, -0.2) is 0 Å². The largest absolute Gasteiger partial charge is 0.355 e. The van der Waals surface area contributed by atoms with E-state index >= 15 is 0 Å². The van der Waals surface area contributed by atoms with E-state index in [0.717, 1.165) is 61.3 Å². The van der Waals surface area contributed by atoms with Gasteiger partial charge in [0.1, 0.15) is 0 Å². The second kappa shape index (κ2) is 29.7. The molecule has 4 nitrogen and oxygen atoms in total. The van der Waals surface area contributed by atoms with E-state index in [2.05, 4.69) is 395 Å². The summed E-state index contributed by atoms with van der Waals surface area (Å²) < 4.78 is 0.961. The second-order valence-corrected chi connectivity index (χ2v) is 37.7. The number of hydrogen-bond donors (Lipinski definition) is 1. The van der Waals surface area contributed by atoms with Crippen molar-refractivity contribution in [2.45, 2.75) is 209 Å². The van der Waals surface area contributed by atoms with E-state index < -0.39 is 0 Å². The Balaban J connectivity index is 0.000000207. The first-order valence-corrected chi connectivity index (χ1v) is 37.4. The smallest absolute Gasteiger partial charge is 0.0571 e. The van der Waals surface area contributed by atoms with E-state index in [1.54, 1.807) is 0 Å². The Morgan fingerprint density at radius 1 is 0.258 bits per heavy atom. The molecule has 512 valence electrons. The topological polar surface area (TPSA) is 21.8 Å². The van der Waals surface area contributed by atoms with Crippen LogP contribution in [0.4, 0.5) is 62.6 Å². The molecule has 0 fully saturated rings. The van der Waals surface area contributed by atoms with Crippen LogP contribution in [0.1, 0.15) is 209 Å². The Labute approximate surface area is 611 Å². The predicted octanol–water partition coefficient (Wildman–Crippen LogP) is 29.8. The Morgan fingerprint density at radius 3 is 0.784 bits per heavy atom. The lowest BCUT2D eigenvalue weighted by Gasteiger charge is -2.30. The number of rotatable bonds is 11. The van der Waals surface area contributed by atoms with Crippen LogP contribution < -0.4 is 20.0 Å². The fourth-order valence-electron chi connectivity index (χ4n) is 11.2. The van der Waals surface area contributed by atoms with Crippen LogP contribution >= 0.6 is 61.8 Å². The van der Waals surface area contributed by atoms with Gasteiger partial charge in [-0.05, 0) is 198 Å². The standard InChI is InChI=1S/C44H53ClN2S.C26H29BrClN.C18H25NS/c1-41(2,3)30-13-19-34(20-14-30)46(35-21-15-31(16-22-35)42(4,5)6)37-25-33(45)26-38(27-37)47(39-28-40(48-29-39)44(10,11)12)36-23-17-32(18-24-36)43(7,8)9;1-25(2,3)18-7-11-22(12-8-18)29(24-16-20(27)15-21(28)17-24)23-13-9-19(10-14-23)26(4,5)6;1-17(2,3)13-7-9-14(10-8-13)19-15-11-16(20-12-15)18(4,5)6/h13-29H,1-12H3;7-17H,1-6H3;7-12,19H,1-6H3. The Bertz CT molecular complexity index is 4070. The third kappa shape index (κ3) is 20.3. The first kappa shape index (κ1) is 76.2. The number of nitrogens with zero attached hydrogens (tertiary/aromatic N) is 3. The van der Waals surface area contributed by atoms with Gasteiger partial charge < -0.3 is 20.0 Å². The Morgan fingerprint density at radius 2 is 0.515 bits per heavy atom. The zero-order valence-corrected chi connectivity index (χ0v) is 67.2. The third-order valence-corrected chi connectivity index (χ3v) is 21.0. The molecule has 0 aliphatic heterocycles. The minimum atomic E-state index is 0.0550. The average molecular weight is 1440 g/mol. The molecule has 0 atom stereocenters. The average Bonchev–Trinajstić information content (AvgIpc) is 1.56. The van der Waals surface area contributed by atoms with Crippen molar-refractivity contribution in [1.29, 1.82) is 0 Å².